The number of hydrogen-bond donors (Lipinski definition) is 0. The van der Waals surface area contributed by atoms with Crippen molar-refractivity contribution in [2.75, 3.05) is 7.11 Å². The molecular weight excluding hydrogens is 458 g/mol. The summed E-state index contributed by atoms with van der Waals surface area (Å²) in [6, 6.07) is 15.3. The summed E-state index contributed by atoms with van der Waals surface area (Å²) in [7, 11) is 1.46. The molecule has 172 valence electrons. The highest BCUT2D eigenvalue weighted by Crippen LogP contribution is 2.36. The maximum Gasteiger partial charge on any atom is 0.293 e. The zero-order valence-electron chi connectivity index (χ0n) is 18.3. The lowest BCUT2D eigenvalue weighted by molar-refractivity contribution is -0.385. The summed E-state index contributed by atoms with van der Waals surface area (Å²) >= 11 is 0.884. The van der Waals surface area contributed by atoms with Gasteiger partial charge in [-0.15, -0.1) is 0 Å². The average molecular weight is 477 g/mol. The minimum atomic E-state index is -0.547. The molecule has 2 heterocycles. The lowest BCUT2D eigenvalue weighted by Crippen LogP contribution is -2.27. The van der Waals surface area contributed by atoms with Gasteiger partial charge in [0.1, 0.15) is 6.20 Å². The molecule has 0 saturated carbocycles. The number of aryl methyl sites for hydroxylation is 1. The third kappa shape index (κ3) is 5.07. The zero-order valence-corrected chi connectivity index (χ0v) is 19.1. The first kappa shape index (κ1) is 23.0. The van der Waals surface area contributed by atoms with E-state index in [0.29, 0.717) is 22.0 Å². The van der Waals surface area contributed by atoms with Crippen molar-refractivity contribution >= 4 is 34.7 Å². The summed E-state index contributed by atoms with van der Waals surface area (Å²) in [6.07, 6.45) is 2.72. The van der Waals surface area contributed by atoms with E-state index in [4.69, 9.17) is 9.47 Å². The molecule has 0 aliphatic carbocycles. The second kappa shape index (κ2) is 9.75. The highest BCUT2D eigenvalue weighted by Gasteiger charge is 2.35. The quantitative estimate of drug-likeness (QED) is 0.255. The van der Waals surface area contributed by atoms with E-state index < -0.39 is 4.92 Å². The van der Waals surface area contributed by atoms with Gasteiger partial charge in [-0.2, -0.15) is 0 Å². The number of hydrogen-bond acceptors (Lipinski definition) is 8. The third-order valence-electron chi connectivity index (χ3n) is 4.97. The van der Waals surface area contributed by atoms with Gasteiger partial charge in [-0.25, -0.2) is 4.98 Å². The van der Waals surface area contributed by atoms with Crippen molar-refractivity contribution in [2.24, 2.45) is 0 Å². The summed E-state index contributed by atoms with van der Waals surface area (Å²) in [4.78, 5) is 40.9. The van der Waals surface area contributed by atoms with Crippen LogP contribution in [0.3, 0.4) is 0 Å². The highest BCUT2D eigenvalue weighted by atomic mass is 32.2. The van der Waals surface area contributed by atoms with Gasteiger partial charge in [0.2, 0.25) is 5.88 Å². The fourth-order valence-corrected chi connectivity index (χ4v) is 4.01. The Kier molecular flexibility index (Phi) is 6.60. The number of amides is 2. The highest BCUT2D eigenvalue weighted by molar-refractivity contribution is 8.18. The van der Waals surface area contributed by atoms with Gasteiger partial charge < -0.3 is 9.47 Å². The summed E-state index contributed by atoms with van der Waals surface area (Å²) in [5.74, 6) is 0.514. The van der Waals surface area contributed by atoms with Crippen molar-refractivity contribution in [1.82, 2.24) is 9.88 Å². The molecule has 1 saturated heterocycles. The van der Waals surface area contributed by atoms with E-state index in [9.17, 15) is 19.7 Å². The van der Waals surface area contributed by atoms with Gasteiger partial charge in [0.05, 0.1) is 23.5 Å². The van der Waals surface area contributed by atoms with E-state index in [0.717, 1.165) is 29.1 Å². The molecular formula is C24H19N3O6S. The van der Waals surface area contributed by atoms with E-state index >= 15 is 0 Å². The molecule has 3 aromatic rings. The van der Waals surface area contributed by atoms with Gasteiger partial charge in [-0.1, -0.05) is 35.9 Å². The van der Waals surface area contributed by atoms with Crippen LogP contribution in [0, 0.1) is 17.0 Å². The molecule has 2 amide bonds. The second-order valence-electron chi connectivity index (χ2n) is 7.38. The maximum absolute atomic E-state index is 12.8. The fourth-order valence-electron chi connectivity index (χ4n) is 3.18. The number of rotatable bonds is 7. The molecule has 0 atom stereocenters. The van der Waals surface area contributed by atoms with E-state index in [2.05, 4.69) is 4.98 Å². The first-order valence-electron chi connectivity index (χ1n) is 10.1. The topological polar surface area (TPSA) is 112 Å². The lowest BCUT2D eigenvalue weighted by atomic mass is 10.1. The van der Waals surface area contributed by atoms with Gasteiger partial charge in [-0.3, -0.25) is 24.6 Å². The molecule has 0 unspecified atom stereocenters. The van der Waals surface area contributed by atoms with Crippen LogP contribution in [0.1, 0.15) is 16.7 Å². The SMILES string of the molecule is COc1cc(/C=C2\SC(=O)N(Cc3ccc(C)cc3)C2=O)ccc1Oc1ccc([N+](=O)[O-])cn1. The van der Waals surface area contributed by atoms with Gasteiger partial charge in [0, 0.05) is 12.1 Å². The van der Waals surface area contributed by atoms with Crippen LogP contribution in [0.2, 0.25) is 0 Å². The molecule has 0 radical (unpaired) electrons. The molecule has 4 rings (SSSR count). The Morgan fingerprint density at radius 1 is 1.09 bits per heavy atom. The molecule has 2 aromatic carbocycles. The zero-order chi connectivity index (χ0) is 24.2. The standard InChI is InChI=1S/C24H19N3O6S/c1-15-3-5-16(6-4-15)14-26-23(28)21(34-24(26)29)12-17-7-9-19(20(11-17)32-2)33-22-10-8-18(13-25-22)27(30)31/h3-13H,14H2,1-2H3/b21-12-. The monoisotopic (exact) mass is 477 g/mol. The first-order valence-corrected chi connectivity index (χ1v) is 10.9. The Morgan fingerprint density at radius 2 is 1.85 bits per heavy atom. The number of nitrogens with zero attached hydrogens (tertiary/aromatic N) is 3. The largest absolute Gasteiger partial charge is 0.493 e. The van der Waals surface area contributed by atoms with Crippen LogP contribution in [0.25, 0.3) is 6.08 Å². The summed E-state index contributed by atoms with van der Waals surface area (Å²) in [5, 5.41) is 10.4. The van der Waals surface area contributed by atoms with E-state index in [1.807, 2.05) is 31.2 Å². The van der Waals surface area contributed by atoms with Gasteiger partial charge in [0.25, 0.3) is 16.8 Å². The predicted molar refractivity (Wildman–Crippen MR) is 127 cm³/mol. The van der Waals surface area contributed by atoms with E-state index in [-0.39, 0.29) is 29.3 Å². The smallest absolute Gasteiger partial charge is 0.293 e. The van der Waals surface area contributed by atoms with Crippen LogP contribution < -0.4 is 9.47 Å². The Labute approximate surface area is 199 Å². The number of thioether (sulfide) groups is 1. The number of carbonyl (C=O) groups is 2. The van der Waals surface area contributed by atoms with Crippen molar-refractivity contribution < 1.29 is 24.0 Å². The maximum atomic E-state index is 12.8. The second-order valence-corrected chi connectivity index (χ2v) is 8.37. The Hall–Kier alpha value is -4.18. The van der Waals surface area contributed by atoms with Crippen LogP contribution in [0.4, 0.5) is 10.5 Å². The third-order valence-corrected chi connectivity index (χ3v) is 5.87. The van der Waals surface area contributed by atoms with Gasteiger partial charge >= 0.3 is 0 Å². The van der Waals surface area contributed by atoms with Crippen molar-refractivity contribution in [2.45, 2.75) is 13.5 Å². The molecule has 0 bridgehead atoms. The van der Waals surface area contributed by atoms with Crippen molar-refractivity contribution in [3.8, 4) is 17.4 Å². The van der Waals surface area contributed by atoms with Crippen molar-refractivity contribution in [1.29, 1.82) is 0 Å². The number of imide groups is 1. The van der Waals surface area contributed by atoms with Crippen molar-refractivity contribution in [3.63, 3.8) is 0 Å². The Bertz CT molecular complexity index is 1290. The van der Waals surface area contributed by atoms with Crippen LogP contribution in [0.15, 0.2) is 65.7 Å². The molecule has 0 spiro atoms. The molecule has 9 nitrogen and oxygen atoms in total. The van der Waals surface area contributed by atoms with Crippen LogP contribution in [-0.4, -0.2) is 33.1 Å². The minimum absolute atomic E-state index is 0.147. The molecule has 1 aromatic heterocycles. The number of pyridine rings is 1. The van der Waals surface area contributed by atoms with E-state index in [1.165, 1.54) is 24.1 Å². The number of ether oxygens (including phenoxy) is 2. The number of benzene rings is 2. The minimum Gasteiger partial charge on any atom is -0.493 e. The number of methoxy groups -OCH3 is 1. The summed E-state index contributed by atoms with van der Waals surface area (Å²) in [6.45, 7) is 2.18. The molecule has 34 heavy (non-hydrogen) atoms. The van der Waals surface area contributed by atoms with Crippen LogP contribution in [0.5, 0.6) is 17.4 Å². The molecule has 1 aliphatic rings. The molecule has 0 N–H and O–H groups in total. The summed E-state index contributed by atoms with van der Waals surface area (Å²) < 4.78 is 11.1. The Balaban J connectivity index is 1.51. The van der Waals surface area contributed by atoms with Gasteiger partial charge in [-0.05, 0) is 48.0 Å². The van der Waals surface area contributed by atoms with Gasteiger partial charge in [0.15, 0.2) is 11.5 Å². The number of aromatic nitrogens is 1. The van der Waals surface area contributed by atoms with Crippen LogP contribution in [-0.2, 0) is 11.3 Å². The summed E-state index contributed by atoms with van der Waals surface area (Å²) in [5.41, 5.74) is 2.47. The van der Waals surface area contributed by atoms with Crippen LogP contribution >= 0.6 is 11.8 Å². The van der Waals surface area contributed by atoms with E-state index in [1.54, 1.807) is 24.3 Å². The number of nitro groups is 1. The number of carbonyl (C=O) groups excluding carboxylic acids is 2. The normalized spacial score (nSPS) is 14.5. The first-order chi connectivity index (χ1) is 16.3. The predicted octanol–water partition coefficient (Wildman–Crippen LogP) is 5.34. The fraction of sp³-hybridized carbons (Fsp3) is 0.125. The lowest BCUT2D eigenvalue weighted by Gasteiger charge is -2.12. The molecule has 10 heteroatoms. The molecule has 1 fully saturated rings. The Morgan fingerprint density at radius 3 is 2.50 bits per heavy atom. The van der Waals surface area contributed by atoms with Crippen molar-refractivity contribution in [3.05, 3.63) is 92.5 Å². The average Bonchev–Trinajstić information content (AvgIpc) is 3.09. The molecule has 1 aliphatic heterocycles.